The number of hydrogen-bond donors (Lipinski definition) is 1. The zero-order valence-electron chi connectivity index (χ0n) is 11.6. The first-order valence-electron chi connectivity index (χ1n) is 6.78. The van der Waals surface area contributed by atoms with Crippen LogP contribution in [-0.2, 0) is 9.84 Å². The van der Waals surface area contributed by atoms with E-state index in [0.717, 1.165) is 19.3 Å². The van der Waals surface area contributed by atoms with Crippen LogP contribution >= 0.6 is 0 Å². The predicted molar refractivity (Wildman–Crippen MR) is 73.0 cm³/mol. The standard InChI is InChI=1S/C13H27NO2S/c1-5-11(3)9-12(6-2)14-13(4)7-8-17(15,16)10-13/h11-12,14H,5-10H2,1-4H3. The highest BCUT2D eigenvalue weighted by Crippen LogP contribution is 2.25. The lowest BCUT2D eigenvalue weighted by Gasteiger charge is -2.31. The first-order valence-corrected chi connectivity index (χ1v) is 8.60. The van der Waals surface area contributed by atoms with Gasteiger partial charge in [0, 0.05) is 11.6 Å². The van der Waals surface area contributed by atoms with Gasteiger partial charge in [-0.25, -0.2) is 8.42 Å². The van der Waals surface area contributed by atoms with Gasteiger partial charge in [-0.2, -0.15) is 0 Å². The van der Waals surface area contributed by atoms with Crippen molar-refractivity contribution in [2.75, 3.05) is 11.5 Å². The Bertz CT molecular complexity index is 339. The molecule has 3 nitrogen and oxygen atoms in total. The molecule has 0 saturated carbocycles. The van der Waals surface area contributed by atoms with E-state index in [4.69, 9.17) is 0 Å². The van der Waals surface area contributed by atoms with Crippen molar-refractivity contribution in [2.45, 2.75) is 65.0 Å². The van der Waals surface area contributed by atoms with Crippen LogP contribution in [0.2, 0.25) is 0 Å². The summed E-state index contributed by atoms with van der Waals surface area (Å²) in [6.45, 7) is 8.70. The maximum atomic E-state index is 11.6. The summed E-state index contributed by atoms with van der Waals surface area (Å²) in [4.78, 5) is 0. The lowest BCUT2D eigenvalue weighted by molar-refractivity contribution is 0.293. The van der Waals surface area contributed by atoms with Crippen LogP contribution in [0.15, 0.2) is 0 Å². The van der Waals surface area contributed by atoms with Crippen LogP contribution in [0.25, 0.3) is 0 Å². The fourth-order valence-electron chi connectivity index (χ4n) is 2.60. The quantitative estimate of drug-likeness (QED) is 0.798. The molecule has 0 aromatic heterocycles. The van der Waals surface area contributed by atoms with Crippen LogP contribution in [0.3, 0.4) is 0 Å². The van der Waals surface area contributed by atoms with Crippen LogP contribution in [-0.4, -0.2) is 31.5 Å². The molecular weight excluding hydrogens is 234 g/mol. The lowest BCUT2D eigenvalue weighted by Crippen LogP contribution is -2.49. The van der Waals surface area contributed by atoms with Crippen molar-refractivity contribution in [3.8, 4) is 0 Å². The summed E-state index contributed by atoms with van der Waals surface area (Å²) in [6.07, 6.45) is 4.15. The van der Waals surface area contributed by atoms with Gasteiger partial charge in [0.15, 0.2) is 9.84 Å². The zero-order chi connectivity index (χ0) is 13.1. The van der Waals surface area contributed by atoms with E-state index < -0.39 is 9.84 Å². The lowest BCUT2D eigenvalue weighted by atomic mass is 9.93. The Kier molecular flexibility index (Phi) is 5.02. The van der Waals surface area contributed by atoms with E-state index in [-0.39, 0.29) is 5.54 Å². The van der Waals surface area contributed by atoms with Crippen molar-refractivity contribution in [2.24, 2.45) is 5.92 Å². The monoisotopic (exact) mass is 261 g/mol. The van der Waals surface area contributed by atoms with Crippen LogP contribution in [0.4, 0.5) is 0 Å². The van der Waals surface area contributed by atoms with Crippen molar-refractivity contribution in [3.63, 3.8) is 0 Å². The summed E-state index contributed by atoms with van der Waals surface area (Å²) in [5.74, 6) is 1.35. The Hall–Kier alpha value is -0.0900. The second kappa shape index (κ2) is 5.70. The normalized spacial score (nSPS) is 31.3. The maximum absolute atomic E-state index is 11.6. The molecule has 1 saturated heterocycles. The Balaban J connectivity index is 2.56. The molecule has 1 fully saturated rings. The molecule has 0 radical (unpaired) electrons. The second-order valence-corrected chi connectivity index (χ2v) is 8.09. The van der Waals surface area contributed by atoms with Crippen LogP contribution < -0.4 is 5.32 Å². The summed E-state index contributed by atoms with van der Waals surface area (Å²) in [7, 11) is -2.80. The summed E-state index contributed by atoms with van der Waals surface area (Å²) in [5, 5.41) is 3.58. The molecule has 3 unspecified atom stereocenters. The fourth-order valence-corrected chi connectivity index (χ4v) is 4.70. The SMILES string of the molecule is CCC(C)CC(CC)NC1(C)CCS(=O)(=O)C1. The summed E-state index contributed by atoms with van der Waals surface area (Å²) in [6, 6.07) is 0.447. The van der Waals surface area contributed by atoms with E-state index >= 15 is 0 Å². The number of sulfone groups is 1. The molecule has 1 rings (SSSR count). The molecule has 3 atom stereocenters. The number of nitrogens with one attached hydrogen (secondary N) is 1. The molecule has 1 aliphatic heterocycles. The maximum Gasteiger partial charge on any atom is 0.152 e. The third-order valence-electron chi connectivity index (χ3n) is 3.93. The summed E-state index contributed by atoms with van der Waals surface area (Å²) >= 11 is 0. The van der Waals surface area contributed by atoms with Crippen molar-refractivity contribution in [1.29, 1.82) is 0 Å². The number of rotatable bonds is 6. The average Bonchev–Trinajstić information content (AvgIpc) is 2.51. The van der Waals surface area contributed by atoms with E-state index in [0.29, 0.717) is 23.5 Å². The molecule has 1 N–H and O–H groups in total. The average molecular weight is 261 g/mol. The Morgan fingerprint density at radius 3 is 2.35 bits per heavy atom. The fraction of sp³-hybridized carbons (Fsp3) is 1.00. The summed E-state index contributed by atoms with van der Waals surface area (Å²) < 4.78 is 23.1. The van der Waals surface area contributed by atoms with Crippen molar-refractivity contribution >= 4 is 9.84 Å². The summed E-state index contributed by atoms with van der Waals surface area (Å²) in [5.41, 5.74) is -0.201. The Morgan fingerprint density at radius 1 is 1.29 bits per heavy atom. The largest absolute Gasteiger partial charge is 0.308 e. The van der Waals surface area contributed by atoms with Gasteiger partial charge in [0.05, 0.1) is 11.5 Å². The first kappa shape index (κ1) is 15.0. The molecule has 1 aliphatic rings. The molecule has 4 heteroatoms. The van der Waals surface area contributed by atoms with Gasteiger partial charge in [0.1, 0.15) is 0 Å². The van der Waals surface area contributed by atoms with Crippen LogP contribution in [0.5, 0.6) is 0 Å². The van der Waals surface area contributed by atoms with Gasteiger partial charge < -0.3 is 5.32 Å². The van der Waals surface area contributed by atoms with Gasteiger partial charge in [0.25, 0.3) is 0 Å². The third kappa shape index (κ3) is 4.59. The van der Waals surface area contributed by atoms with E-state index in [1.807, 2.05) is 0 Å². The van der Waals surface area contributed by atoms with E-state index in [2.05, 4.69) is 33.0 Å². The zero-order valence-corrected chi connectivity index (χ0v) is 12.4. The topological polar surface area (TPSA) is 46.2 Å². The predicted octanol–water partition coefficient (Wildman–Crippen LogP) is 2.37. The van der Waals surface area contributed by atoms with E-state index in [1.54, 1.807) is 0 Å². The van der Waals surface area contributed by atoms with Gasteiger partial charge in [0.2, 0.25) is 0 Å². The molecule has 102 valence electrons. The Morgan fingerprint density at radius 2 is 1.94 bits per heavy atom. The van der Waals surface area contributed by atoms with E-state index in [9.17, 15) is 8.42 Å². The van der Waals surface area contributed by atoms with Gasteiger partial charge in [-0.05, 0) is 32.1 Å². The van der Waals surface area contributed by atoms with Crippen molar-refractivity contribution < 1.29 is 8.42 Å². The molecule has 0 aromatic carbocycles. The van der Waals surface area contributed by atoms with Gasteiger partial charge in [-0.15, -0.1) is 0 Å². The van der Waals surface area contributed by atoms with Crippen molar-refractivity contribution in [3.05, 3.63) is 0 Å². The molecule has 0 amide bonds. The van der Waals surface area contributed by atoms with Crippen LogP contribution in [0, 0.1) is 5.92 Å². The van der Waals surface area contributed by atoms with Crippen molar-refractivity contribution in [1.82, 2.24) is 5.32 Å². The molecule has 0 aromatic rings. The first-order chi connectivity index (χ1) is 7.80. The minimum absolute atomic E-state index is 0.201. The highest BCUT2D eigenvalue weighted by Gasteiger charge is 2.39. The minimum Gasteiger partial charge on any atom is -0.308 e. The highest BCUT2D eigenvalue weighted by atomic mass is 32.2. The van der Waals surface area contributed by atoms with Crippen LogP contribution in [0.1, 0.15) is 53.4 Å². The smallest absolute Gasteiger partial charge is 0.152 e. The molecular formula is C13H27NO2S. The van der Waals surface area contributed by atoms with E-state index in [1.165, 1.54) is 6.42 Å². The molecule has 1 heterocycles. The molecule has 17 heavy (non-hydrogen) atoms. The highest BCUT2D eigenvalue weighted by molar-refractivity contribution is 7.91. The molecule has 0 aliphatic carbocycles. The molecule has 0 spiro atoms. The van der Waals surface area contributed by atoms with Gasteiger partial charge in [-0.1, -0.05) is 27.2 Å². The molecule has 0 bridgehead atoms. The second-order valence-electron chi connectivity index (χ2n) is 5.90. The minimum atomic E-state index is -2.80. The third-order valence-corrected chi connectivity index (χ3v) is 5.84. The van der Waals surface area contributed by atoms with Gasteiger partial charge in [-0.3, -0.25) is 0 Å². The number of hydrogen-bond acceptors (Lipinski definition) is 3. The van der Waals surface area contributed by atoms with Gasteiger partial charge >= 0.3 is 0 Å². The Labute approximate surface area is 106 Å².